The summed E-state index contributed by atoms with van der Waals surface area (Å²) in [6.45, 7) is 5.05. The topological polar surface area (TPSA) is 36.3 Å². The van der Waals surface area contributed by atoms with Gasteiger partial charge in [-0.2, -0.15) is 5.10 Å². The maximum atomic E-state index is 5.74. The van der Waals surface area contributed by atoms with Crippen LogP contribution in [0.15, 0.2) is 30.3 Å². The molecule has 0 atom stereocenters. The zero-order valence-electron chi connectivity index (χ0n) is 11.0. The molecule has 0 aliphatic carbocycles. The van der Waals surface area contributed by atoms with Gasteiger partial charge in [-0.1, -0.05) is 12.1 Å². The Morgan fingerprint density at radius 3 is 2.39 bits per heavy atom. The molecule has 4 heteroatoms. The summed E-state index contributed by atoms with van der Waals surface area (Å²) in [7, 11) is 1.92. The first-order valence-electron chi connectivity index (χ1n) is 6.05. The van der Waals surface area contributed by atoms with Crippen molar-refractivity contribution in [3.63, 3.8) is 0 Å². The first kappa shape index (κ1) is 12.5. The van der Waals surface area contributed by atoms with Gasteiger partial charge in [0.05, 0.1) is 6.61 Å². The quantitative estimate of drug-likeness (QED) is 0.813. The van der Waals surface area contributed by atoms with Gasteiger partial charge in [0, 0.05) is 12.7 Å². The van der Waals surface area contributed by atoms with Crippen LogP contribution >= 0.6 is 0 Å². The second-order valence-corrected chi connectivity index (χ2v) is 4.07. The van der Waals surface area contributed by atoms with Crippen LogP contribution in [0.2, 0.25) is 0 Å². The average molecular weight is 246 g/mol. The summed E-state index contributed by atoms with van der Waals surface area (Å²) in [4.78, 5) is 0. The van der Waals surface area contributed by atoms with E-state index >= 15 is 0 Å². The second kappa shape index (κ2) is 5.58. The average Bonchev–Trinajstić information content (AvgIpc) is 2.68. The van der Waals surface area contributed by atoms with E-state index in [-0.39, 0.29) is 0 Å². The van der Waals surface area contributed by atoms with Crippen molar-refractivity contribution in [2.75, 3.05) is 6.61 Å². The molecule has 0 bridgehead atoms. The van der Waals surface area contributed by atoms with Crippen LogP contribution in [0.5, 0.6) is 11.5 Å². The van der Waals surface area contributed by atoms with E-state index in [1.54, 1.807) is 0 Å². The van der Waals surface area contributed by atoms with Crippen LogP contribution in [-0.4, -0.2) is 16.4 Å². The number of ether oxygens (including phenoxy) is 2. The summed E-state index contributed by atoms with van der Waals surface area (Å²) in [6, 6.07) is 9.69. The van der Waals surface area contributed by atoms with Gasteiger partial charge < -0.3 is 9.47 Å². The Bertz CT molecular complexity index is 501. The maximum absolute atomic E-state index is 5.74. The number of benzene rings is 1. The molecule has 0 saturated heterocycles. The van der Waals surface area contributed by atoms with Crippen LogP contribution in [0.25, 0.3) is 0 Å². The van der Waals surface area contributed by atoms with Crippen molar-refractivity contribution in [2.45, 2.75) is 20.5 Å². The first-order chi connectivity index (χ1) is 8.70. The molecule has 1 aromatic carbocycles. The molecular formula is C14H18N2O2. The molecule has 0 aliphatic rings. The van der Waals surface area contributed by atoms with Gasteiger partial charge in [0.1, 0.15) is 12.3 Å². The third kappa shape index (κ3) is 2.83. The number of aromatic nitrogens is 2. The van der Waals surface area contributed by atoms with Crippen molar-refractivity contribution in [3.05, 3.63) is 41.7 Å². The molecule has 2 rings (SSSR count). The van der Waals surface area contributed by atoms with Gasteiger partial charge in [-0.15, -0.1) is 0 Å². The van der Waals surface area contributed by atoms with E-state index in [2.05, 4.69) is 5.10 Å². The van der Waals surface area contributed by atoms with E-state index in [0.29, 0.717) is 13.2 Å². The molecule has 0 saturated carbocycles. The molecule has 1 aromatic heterocycles. The van der Waals surface area contributed by atoms with Gasteiger partial charge >= 0.3 is 0 Å². The minimum Gasteiger partial charge on any atom is -0.490 e. The van der Waals surface area contributed by atoms with E-state index in [9.17, 15) is 0 Å². The van der Waals surface area contributed by atoms with E-state index < -0.39 is 0 Å². The highest BCUT2D eigenvalue weighted by Gasteiger charge is 2.06. The first-order valence-corrected chi connectivity index (χ1v) is 6.05. The SMILES string of the molecule is CCOc1ccccc1OCc1cc(C)n(C)n1. The molecular weight excluding hydrogens is 228 g/mol. The lowest BCUT2D eigenvalue weighted by atomic mass is 10.3. The highest BCUT2D eigenvalue weighted by Crippen LogP contribution is 2.27. The van der Waals surface area contributed by atoms with Crippen LogP contribution < -0.4 is 9.47 Å². The Labute approximate surface area is 107 Å². The van der Waals surface area contributed by atoms with Crippen LogP contribution in [0, 0.1) is 6.92 Å². The summed E-state index contributed by atoms with van der Waals surface area (Å²) >= 11 is 0. The van der Waals surface area contributed by atoms with Gasteiger partial charge in [-0.05, 0) is 32.0 Å². The third-order valence-electron chi connectivity index (χ3n) is 2.69. The molecule has 0 N–H and O–H groups in total. The number of hydrogen-bond donors (Lipinski definition) is 0. The standard InChI is InChI=1S/C14H18N2O2/c1-4-17-13-7-5-6-8-14(13)18-10-12-9-11(2)16(3)15-12/h5-9H,4,10H2,1-3H3. The number of para-hydroxylation sites is 2. The number of nitrogens with zero attached hydrogens (tertiary/aromatic N) is 2. The molecule has 0 amide bonds. The molecule has 2 aromatic rings. The Morgan fingerprint density at radius 1 is 1.17 bits per heavy atom. The Morgan fingerprint density at radius 2 is 1.83 bits per heavy atom. The molecule has 96 valence electrons. The second-order valence-electron chi connectivity index (χ2n) is 4.07. The van der Waals surface area contributed by atoms with Gasteiger partial charge in [-0.3, -0.25) is 4.68 Å². The summed E-state index contributed by atoms with van der Waals surface area (Å²) in [5.74, 6) is 1.52. The summed E-state index contributed by atoms with van der Waals surface area (Å²) in [6.07, 6.45) is 0. The maximum Gasteiger partial charge on any atom is 0.161 e. The molecule has 0 aliphatic heterocycles. The fourth-order valence-corrected chi connectivity index (χ4v) is 1.70. The number of rotatable bonds is 5. The molecule has 18 heavy (non-hydrogen) atoms. The van der Waals surface area contributed by atoms with Crippen molar-refractivity contribution >= 4 is 0 Å². The highest BCUT2D eigenvalue weighted by atomic mass is 16.5. The smallest absolute Gasteiger partial charge is 0.161 e. The minimum absolute atomic E-state index is 0.450. The van der Waals surface area contributed by atoms with Gasteiger partial charge in [-0.25, -0.2) is 0 Å². The lowest BCUT2D eigenvalue weighted by molar-refractivity contribution is 0.266. The van der Waals surface area contributed by atoms with E-state index in [0.717, 1.165) is 22.9 Å². The minimum atomic E-state index is 0.450. The number of hydrogen-bond acceptors (Lipinski definition) is 3. The molecule has 0 unspecified atom stereocenters. The largest absolute Gasteiger partial charge is 0.490 e. The van der Waals surface area contributed by atoms with Crippen LogP contribution in [0.4, 0.5) is 0 Å². The van der Waals surface area contributed by atoms with E-state index in [4.69, 9.17) is 9.47 Å². The van der Waals surface area contributed by atoms with E-state index in [1.165, 1.54) is 0 Å². The van der Waals surface area contributed by atoms with Crippen molar-refractivity contribution in [2.24, 2.45) is 7.05 Å². The monoisotopic (exact) mass is 246 g/mol. The zero-order chi connectivity index (χ0) is 13.0. The fourth-order valence-electron chi connectivity index (χ4n) is 1.70. The van der Waals surface area contributed by atoms with Crippen molar-refractivity contribution in [1.82, 2.24) is 9.78 Å². The normalized spacial score (nSPS) is 10.4. The van der Waals surface area contributed by atoms with Gasteiger partial charge in [0.15, 0.2) is 11.5 Å². The Balaban J connectivity index is 2.05. The summed E-state index contributed by atoms with van der Waals surface area (Å²) in [5.41, 5.74) is 2.04. The molecule has 1 heterocycles. The Kier molecular flexibility index (Phi) is 3.87. The van der Waals surface area contributed by atoms with Crippen molar-refractivity contribution in [1.29, 1.82) is 0 Å². The third-order valence-corrected chi connectivity index (χ3v) is 2.69. The lowest BCUT2D eigenvalue weighted by Gasteiger charge is -2.10. The molecule has 0 fully saturated rings. The summed E-state index contributed by atoms with van der Waals surface area (Å²) in [5, 5.41) is 4.35. The highest BCUT2D eigenvalue weighted by molar-refractivity contribution is 5.39. The van der Waals surface area contributed by atoms with Crippen LogP contribution in [0.3, 0.4) is 0 Å². The zero-order valence-corrected chi connectivity index (χ0v) is 11.0. The predicted octanol–water partition coefficient (Wildman–Crippen LogP) is 2.71. The van der Waals surface area contributed by atoms with Crippen molar-refractivity contribution in [3.8, 4) is 11.5 Å². The van der Waals surface area contributed by atoms with Gasteiger partial charge in [0.25, 0.3) is 0 Å². The fraction of sp³-hybridized carbons (Fsp3) is 0.357. The Hall–Kier alpha value is -1.97. The van der Waals surface area contributed by atoms with E-state index in [1.807, 2.05) is 55.9 Å². The number of aryl methyl sites for hydroxylation is 2. The van der Waals surface area contributed by atoms with Gasteiger partial charge in [0.2, 0.25) is 0 Å². The predicted molar refractivity (Wildman–Crippen MR) is 69.9 cm³/mol. The molecule has 4 nitrogen and oxygen atoms in total. The molecule has 0 spiro atoms. The lowest BCUT2D eigenvalue weighted by Crippen LogP contribution is -2.00. The van der Waals surface area contributed by atoms with Crippen LogP contribution in [0.1, 0.15) is 18.3 Å². The van der Waals surface area contributed by atoms with Crippen LogP contribution in [-0.2, 0) is 13.7 Å². The summed E-state index contributed by atoms with van der Waals surface area (Å²) < 4.78 is 13.1. The van der Waals surface area contributed by atoms with Crippen molar-refractivity contribution < 1.29 is 9.47 Å². The molecule has 0 radical (unpaired) electrons.